The van der Waals surface area contributed by atoms with Gasteiger partial charge >= 0.3 is 0 Å². The summed E-state index contributed by atoms with van der Waals surface area (Å²) in [4.78, 5) is 0. The minimum atomic E-state index is -1.19. The SMILES string of the molecule is CCCn1ncc(OC)c1C(C)(O)c1ccc(OC)cc1. The number of rotatable bonds is 6. The van der Waals surface area contributed by atoms with Crippen molar-refractivity contribution in [1.29, 1.82) is 0 Å². The van der Waals surface area contributed by atoms with Crippen LogP contribution in [0.1, 0.15) is 31.5 Å². The van der Waals surface area contributed by atoms with Crippen molar-refractivity contribution < 1.29 is 14.6 Å². The van der Waals surface area contributed by atoms with E-state index in [9.17, 15) is 5.11 Å². The van der Waals surface area contributed by atoms with Gasteiger partial charge in [-0.1, -0.05) is 19.1 Å². The summed E-state index contributed by atoms with van der Waals surface area (Å²) in [7, 11) is 3.20. The van der Waals surface area contributed by atoms with Crippen molar-refractivity contribution in [3.8, 4) is 11.5 Å². The Hall–Kier alpha value is -2.01. The summed E-state index contributed by atoms with van der Waals surface area (Å²) < 4.78 is 12.3. The van der Waals surface area contributed by atoms with E-state index < -0.39 is 5.60 Å². The highest BCUT2D eigenvalue weighted by molar-refractivity contribution is 5.41. The molecule has 1 aromatic heterocycles. The summed E-state index contributed by atoms with van der Waals surface area (Å²) >= 11 is 0. The van der Waals surface area contributed by atoms with Crippen LogP contribution in [0.15, 0.2) is 30.5 Å². The summed E-state index contributed by atoms with van der Waals surface area (Å²) in [5, 5.41) is 15.4. The second-order valence-electron chi connectivity index (χ2n) is 5.09. The largest absolute Gasteiger partial charge is 0.497 e. The van der Waals surface area contributed by atoms with Crippen molar-refractivity contribution in [2.45, 2.75) is 32.4 Å². The van der Waals surface area contributed by atoms with E-state index in [4.69, 9.17) is 9.47 Å². The molecule has 1 unspecified atom stereocenters. The number of hydrogen-bond donors (Lipinski definition) is 1. The van der Waals surface area contributed by atoms with Crippen LogP contribution in [0.3, 0.4) is 0 Å². The van der Waals surface area contributed by atoms with E-state index >= 15 is 0 Å². The molecule has 5 nitrogen and oxygen atoms in total. The lowest BCUT2D eigenvalue weighted by molar-refractivity contribution is 0.0881. The maximum absolute atomic E-state index is 11.0. The van der Waals surface area contributed by atoms with Gasteiger partial charge in [0, 0.05) is 6.54 Å². The molecule has 2 aromatic rings. The quantitative estimate of drug-likeness (QED) is 0.888. The van der Waals surface area contributed by atoms with Gasteiger partial charge < -0.3 is 14.6 Å². The molecular weight excluding hydrogens is 268 g/mol. The molecule has 1 N–H and O–H groups in total. The molecule has 0 saturated heterocycles. The zero-order valence-electron chi connectivity index (χ0n) is 13.0. The van der Waals surface area contributed by atoms with Crippen LogP contribution in [0.25, 0.3) is 0 Å². The molecule has 0 spiro atoms. The molecular formula is C16H22N2O3. The van der Waals surface area contributed by atoms with Gasteiger partial charge in [0.15, 0.2) is 5.75 Å². The van der Waals surface area contributed by atoms with E-state index in [-0.39, 0.29) is 0 Å². The van der Waals surface area contributed by atoms with Gasteiger partial charge in [-0.25, -0.2) is 0 Å². The minimum absolute atomic E-state index is 0.587. The highest BCUT2D eigenvalue weighted by atomic mass is 16.5. The van der Waals surface area contributed by atoms with Crippen molar-refractivity contribution in [2.24, 2.45) is 0 Å². The van der Waals surface area contributed by atoms with Gasteiger partial charge in [0.1, 0.15) is 17.0 Å². The molecule has 0 aliphatic rings. The van der Waals surface area contributed by atoms with Crippen LogP contribution in [0, 0.1) is 0 Å². The number of nitrogens with zero attached hydrogens (tertiary/aromatic N) is 2. The van der Waals surface area contributed by atoms with Crippen molar-refractivity contribution in [2.75, 3.05) is 14.2 Å². The van der Waals surface area contributed by atoms with E-state index in [0.29, 0.717) is 11.4 Å². The highest BCUT2D eigenvalue weighted by Crippen LogP contribution is 2.36. The summed E-state index contributed by atoms with van der Waals surface area (Å²) in [5.74, 6) is 1.34. The Bertz CT molecular complexity index is 588. The maximum atomic E-state index is 11.0. The molecule has 0 aliphatic carbocycles. The first kappa shape index (κ1) is 15.4. The molecule has 1 heterocycles. The van der Waals surface area contributed by atoms with Crippen LogP contribution in [0.4, 0.5) is 0 Å². The lowest BCUT2D eigenvalue weighted by atomic mass is 9.91. The smallest absolute Gasteiger partial charge is 0.163 e. The van der Waals surface area contributed by atoms with Gasteiger partial charge in [-0.2, -0.15) is 5.10 Å². The van der Waals surface area contributed by atoms with Crippen LogP contribution >= 0.6 is 0 Å². The Morgan fingerprint density at radius 2 is 1.86 bits per heavy atom. The summed E-state index contributed by atoms with van der Waals surface area (Å²) in [6.45, 7) is 4.55. The first-order valence-corrected chi connectivity index (χ1v) is 7.01. The van der Waals surface area contributed by atoms with Crippen molar-refractivity contribution in [3.05, 3.63) is 41.7 Å². The molecule has 0 fully saturated rings. The molecule has 0 aliphatic heterocycles. The van der Waals surface area contributed by atoms with Gasteiger partial charge in [0.2, 0.25) is 0 Å². The fraction of sp³-hybridized carbons (Fsp3) is 0.438. The first-order valence-electron chi connectivity index (χ1n) is 7.01. The Morgan fingerprint density at radius 1 is 1.19 bits per heavy atom. The molecule has 0 radical (unpaired) electrons. The second kappa shape index (κ2) is 6.18. The fourth-order valence-electron chi connectivity index (χ4n) is 2.44. The lowest BCUT2D eigenvalue weighted by Crippen LogP contribution is -2.27. The highest BCUT2D eigenvalue weighted by Gasteiger charge is 2.33. The third-order valence-corrected chi connectivity index (χ3v) is 3.57. The molecule has 2 rings (SSSR count). The lowest BCUT2D eigenvalue weighted by Gasteiger charge is -2.26. The Kier molecular flexibility index (Phi) is 4.53. The average molecular weight is 290 g/mol. The van der Waals surface area contributed by atoms with Crippen LogP contribution in [0.5, 0.6) is 11.5 Å². The Labute approximate surface area is 125 Å². The molecule has 114 valence electrons. The standard InChI is InChI=1S/C16H22N2O3/c1-5-10-18-15(14(21-4)11-17-18)16(2,19)12-6-8-13(20-3)9-7-12/h6-9,11,19H,5,10H2,1-4H3. The summed E-state index contributed by atoms with van der Waals surface area (Å²) in [6.07, 6.45) is 2.57. The number of aliphatic hydroxyl groups is 1. The molecule has 0 bridgehead atoms. The van der Waals surface area contributed by atoms with E-state index in [1.807, 2.05) is 24.3 Å². The minimum Gasteiger partial charge on any atom is -0.497 e. The van der Waals surface area contributed by atoms with Gasteiger partial charge in [-0.3, -0.25) is 4.68 Å². The normalized spacial score (nSPS) is 13.8. The van der Waals surface area contributed by atoms with Crippen LogP contribution in [-0.2, 0) is 12.1 Å². The number of hydrogen-bond acceptors (Lipinski definition) is 4. The van der Waals surface area contributed by atoms with E-state index in [1.165, 1.54) is 0 Å². The predicted octanol–water partition coefficient (Wildman–Crippen LogP) is 2.57. The Balaban J connectivity index is 2.48. The Morgan fingerprint density at radius 3 is 2.38 bits per heavy atom. The fourth-order valence-corrected chi connectivity index (χ4v) is 2.44. The third-order valence-electron chi connectivity index (χ3n) is 3.57. The molecule has 5 heteroatoms. The molecule has 1 atom stereocenters. The van der Waals surface area contributed by atoms with Gasteiger partial charge in [0.05, 0.1) is 20.4 Å². The average Bonchev–Trinajstić information content (AvgIpc) is 2.91. The monoisotopic (exact) mass is 290 g/mol. The molecule has 0 saturated carbocycles. The summed E-state index contributed by atoms with van der Waals surface area (Å²) in [5.41, 5.74) is 0.236. The number of aromatic nitrogens is 2. The molecule has 0 amide bonds. The van der Waals surface area contributed by atoms with Crippen molar-refractivity contribution in [1.82, 2.24) is 9.78 Å². The van der Waals surface area contributed by atoms with E-state index in [1.54, 1.807) is 32.0 Å². The van der Waals surface area contributed by atoms with Gasteiger partial charge in [0.25, 0.3) is 0 Å². The number of benzene rings is 1. The third kappa shape index (κ3) is 2.88. The number of ether oxygens (including phenoxy) is 2. The van der Waals surface area contributed by atoms with Crippen molar-refractivity contribution >= 4 is 0 Å². The van der Waals surface area contributed by atoms with Crippen LogP contribution < -0.4 is 9.47 Å². The molecule has 1 aromatic carbocycles. The predicted molar refractivity (Wildman–Crippen MR) is 80.7 cm³/mol. The maximum Gasteiger partial charge on any atom is 0.163 e. The van der Waals surface area contributed by atoms with Crippen molar-refractivity contribution in [3.63, 3.8) is 0 Å². The van der Waals surface area contributed by atoms with Crippen LogP contribution in [-0.4, -0.2) is 29.1 Å². The molecule has 21 heavy (non-hydrogen) atoms. The van der Waals surface area contributed by atoms with Gasteiger partial charge in [-0.05, 0) is 31.0 Å². The number of aryl methyl sites for hydroxylation is 1. The van der Waals surface area contributed by atoms with Crippen LogP contribution in [0.2, 0.25) is 0 Å². The second-order valence-corrected chi connectivity index (χ2v) is 5.09. The summed E-state index contributed by atoms with van der Waals surface area (Å²) in [6, 6.07) is 7.36. The first-order chi connectivity index (χ1) is 10.0. The van der Waals surface area contributed by atoms with E-state index in [2.05, 4.69) is 12.0 Å². The topological polar surface area (TPSA) is 56.5 Å². The zero-order valence-corrected chi connectivity index (χ0v) is 13.0. The van der Waals surface area contributed by atoms with E-state index in [0.717, 1.165) is 24.3 Å². The number of methoxy groups -OCH3 is 2. The van der Waals surface area contributed by atoms with Gasteiger partial charge in [-0.15, -0.1) is 0 Å². The zero-order chi connectivity index (χ0) is 15.5.